The average Bonchev–Trinajstić information content (AvgIpc) is 3.47. The summed E-state index contributed by atoms with van der Waals surface area (Å²) in [5.41, 5.74) is 1.75. The van der Waals surface area contributed by atoms with Gasteiger partial charge in [0.2, 0.25) is 0 Å². The average molecular weight is 558 g/mol. The van der Waals surface area contributed by atoms with E-state index in [0.29, 0.717) is 0 Å². The molecular formula is C28H35N3O7S. The van der Waals surface area contributed by atoms with Crippen molar-refractivity contribution >= 4 is 33.2 Å². The van der Waals surface area contributed by atoms with Crippen molar-refractivity contribution < 1.29 is 31.7 Å². The van der Waals surface area contributed by atoms with Crippen LogP contribution < -0.4 is 5.32 Å². The topological polar surface area (TPSA) is 127 Å². The summed E-state index contributed by atoms with van der Waals surface area (Å²) in [7, 11) is -3.84. The number of aromatic amines is 1. The van der Waals surface area contributed by atoms with Crippen LogP contribution in [0.2, 0.25) is 0 Å². The lowest BCUT2D eigenvalue weighted by Gasteiger charge is -2.35. The van der Waals surface area contributed by atoms with Crippen LogP contribution in [0.1, 0.15) is 44.2 Å². The molecule has 2 N–H and O–H groups in total. The third kappa shape index (κ3) is 7.51. The van der Waals surface area contributed by atoms with E-state index in [1.807, 2.05) is 60.8 Å². The van der Waals surface area contributed by atoms with Gasteiger partial charge >= 0.3 is 12.2 Å². The van der Waals surface area contributed by atoms with Crippen LogP contribution in [0.4, 0.5) is 9.59 Å². The van der Waals surface area contributed by atoms with Crippen LogP contribution in [-0.4, -0.2) is 67.6 Å². The molecule has 0 aliphatic carbocycles. The van der Waals surface area contributed by atoms with Crippen LogP contribution in [0.15, 0.2) is 60.8 Å². The molecule has 2 amide bonds. The number of carbonyl (C=O) groups is 2. The number of benzene rings is 2. The Morgan fingerprint density at radius 1 is 1.10 bits per heavy atom. The Labute approximate surface area is 228 Å². The Balaban J connectivity index is 1.66. The number of fused-ring (bicyclic) bond motifs is 1. The highest BCUT2D eigenvalue weighted by atomic mass is 32.2. The lowest BCUT2D eigenvalue weighted by atomic mass is 9.88. The molecule has 0 radical (unpaired) electrons. The fourth-order valence-corrected chi connectivity index (χ4v) is 5.57. The number of alkyl carbamates (subject to hydrolysis) is 1. The number of nitrogens with one attached hydrogen (secondary N) is 2. The van der Waals surface area contributed by atoms with E-state index in [1.165, 1.54) is 4.90 Å². The second-order valence-corrected chi connectivity index (χ2v) is 12.2. The van der Waals surface area contributed by atoms with Crippen LogP contribution in [0, 0.1) is 0 Å². The van der Waals surface area contributed by atoms with E-state index in [2.05, 4.69) is 10.3 Å². The van der Waals surface area contributed by atoms with Crippen molar-refractivity contribution in [3.8, 4) is 0 Å². The highest BCUT2D eigenvalue weighted by Gasteiger charge is 2.46. The molecule has 39 heavy (non-hydrogen) atoms. The molecule has 11 heteroatoms. The molecule has 0 unspecified atom stereocenters. The van der Waals surface area contributed by atoms with Gasteiger partial charge in [-0.3, -0.25) is 4.18 Å². The second kappa shape index (κ2) is 11.7. The van der Waals surface area contributed by atoms with Gasteiger partial charge in [0.1, 0.15) is 12.2 Å². The first-order valence-corrected chi connectivity index (χ1v) is 14.6. The molecule has 1 saturated heterocycles. The molecule has 1 aromatic heterocycles. The minimum atomic E-state index is -3.84. The SMILES string of the molecule is CC(C)(C)OC(=O)N1CC[C@H](OS(C)(=O)=O)[C@H]1[C@@H](CNC(=O)OCc1ccccc1)c1c[nH]c2ccccc12. The fourth-order valence-electron chi connectivity index (χ4n) is 4.91. The molecule has 4 rings (SSSR count). The second-order valence-electron chi connectivity index (χ2n) is 10.6. The minimum Gasteiger partial charge on any atom is -0.445 e. The van der Waals surface area contributed by atoms with Crippen LogP contribution in [0.25, 0.3) is 10.9 Å². The van der Waals surface area contributed by atoms with Gasteiger partial charge in [0.15, 0.2) is 0 Å². The number of carbonyl (C=O) groups excluding carboxylic acids is 2. The molecule has 10 nitrogen and oxygen atoms in total. The molecule has 2 heterocycles. The van der Waals surface area contributed by atoms with Gasteiger partial charge in [-0.15, -0.1) is 0 Å². The van der Waals surface area contributed by atoms with Crippen molar-refractivity contribution in [2.45, 2.75) is 57.5 Å². The third-order valence-corrected chi connectivity index (χ3v) is 7.03. The molecule has 3 atom stereocenters. The molecule has 1 aliphatic rings. The van der Waals surface area contributed by atoms with Crippen LogP contribution in [0.5, 0.6) is 0 Å². The van der Waals surface area contributed by atoms with Gasteiger partial charge in [0.05, 0.1) is 18.4 Å². The maximum absolute atomic E-state index is 13.3. The summed E-state index contributed by atoms with van der Waals surface area (Å²) < 4.78 is 40.9. The summed E-state index contributed by atoms with van der Waals surface area (Å²) in [5.74, 6) is -0.549. The van der Waals surface area contributed by atoms with Gasteiger partial charge < -0.3 is 24.7 Å². The van der Waals surface area contributed by atoms with E-state index in [1.54, 1.807) is 20.8 Å². The van der Waals surface area contributed by atoms with Crippen molar-refractivity contribution in [3.63, 3.8) is 0 Å². The number of likely N-dealkylation sites (tertiary alicyclic amines) is 1. The molecule has 0 bridgehead atoms. The highest BCUT2D eigenvalue weighted by Crippen LogP contribution is 2.37. The summed E-state index contributed by atoms with van der Waals surface area (Å²) in [6, 6.07) is 16.2. The Morgan fingerprint density at radius 2 is 1.79 bits per heavy atom. The summed E-state index contributed by atoms with van der Waals surface area (Å²) >= 11 is 0. The highest BCUT2D eigenvalue weighted by molar-refractivity contribution is 7.86. The van der Waals surface area contributed by atoms with Crippen molar-refractivity contribution in [2.75, 3.05) is 19.3 Å². The molecule has 1 fully saturated rings. The third-order valence-electron chi connectivity index (χ3n) is 6.43. The van der Waals surface area contributed by atoms with Gasteiger partial charge in [-0.1, -0.05) is 48.5 Å². The molecular weight excluding hydrogens is 522 g/mol. The standard InChI is InChI=1S/C28H35N3O7S/c1-28(2,3)37-27(33)31-15-14-24(38-39(4,34)35)25(31)22(21-16-29-23-13-9-8-12-20(21)23)17-30-26(32)36-18-19-10-6-5-7-11-19/h5-13,16,22,24-25,29H,14-15,17-18H2,1-4H3,(H,30,32)/t22-,24-,25+/m0/s1. The Kier molecular flexibility index (Phi) is 8.51. The summed E-state index contributed by atoms with van der Waals surface area (Å²) in [4.78, 5) is 30.7. The van der Waals surface area contributed by atoms with E-state index < -0.39 is 46.0 Å². The first-order chi connectivity index (χ1) is 18.4. The zero-order valence-electron chi connectivity index (χ0n) is 22.5. The normalized spacial score (nSPS) is 18.6. The van der Waals surface area contributed by atoms with E-state index >= 15 is 0 Å². The Bertz CT molecular complexity index is 1400. The number of nitrogens with zero attached hydrogens (tertiary/aromatic N) is 1. The lowest BCUT2D eigenvalue weighted by Crippen LogP contribution is -2.49. The smallest absolute Gasteiger partial charge is 0.410 e. The van der Waals surface area contributed by atoms with Crippen molar-refractivity contribution in [3.05, 3.63) is 71.9 Å². The predicted octanol–water partition coefficient (Wildman–Crippen LogP) is 4.53. The first kappa shape index (κ1) is 28.4. The van der Waals surface area contributed by atoms with Gasteiger partial charge in [-0.05, 0) is 44.4 Å². The number of rotatable bonds is 8. The number of aromatic nitrogens is 1. The van der Waals surface area contributed by atoms with E-state index in [4.69, 9.17) is 13.7 Å². The minimum absolute atomic E-state index is 0.0586. The van der Waals surface area contributed by atoms with Gasteiger partial charge in [-0.25, -0.2) is 9.59 Å². The van der Waals surface area contributed by atoms with Gasteiger partial charge in [-0.2, -0.15) is 8.42 Å². The zero-order valence-corrected chi connectivity index (χ0v) is 23.4. The van der Waals surface area contributed by atoms with E-state index in [-0.39, 0.29) is 26.1 Å². The quantitative estimate of drug-likeness (QED) is 0.390. The summed E-state index contributed by atoms with van der Waals surface area (Å²) in [5, 5.41) is 3.70. The molecule has 2 aromatic carbocycles. The molecule has 0 spiro atoms. The Hall–Kier alpha value is -3.57. The number of H-pyrrole nitrogens is 1. The molecule has 3 aromatic rings. The van der Waals surface area contributed by atoms with Gasteiger partial charge in [0, 0.05) is 36.1 Å². The largest absolute Gasteiger partial charge is 0.445 e. The zero-order chi connectivity index (χ0) is 28.2. The molecule has 1 aliphatic heterocycles. The van der Waals surface area contributed by atoms with Gasteiger partial charge in [0.25, 0.3) is 10.1 Å². The molecule has 210 valence electrons. The van der Waals surface area contributed by atoms with E-state index in [9.17, 15) is 18.0 Å². The number of amides is 2. The van der Waals surface area contributed by atoms with Crippen molar-refractivity contribution in [1.82, 2.24) is 15.2 Å². The number of ether oxygens (including phenoxy) is 2. The van der Waals surface area contributed by atoms with Crippen molar-refractivity contribution in [2.24, 2.45) is 0 Å². The van der Waals surface area contributed by atoms with E-state index in [0.717, 1.165) is 28.3 Å². The number of para-hydroxylation sites is 1. The predicted molar refractivity (Wildman–Crippen MR) is 147 cm³/mol. The first-order valence-electron chi connectivity index (χ1n) is 12.8. The van der Waals surface area contributed by atoms with Crippen LogP contribution >= 0.6 is 0 Å². The fraction of sp³-hybridized carbons (Fsp3) is 0.429. The number of hydrogen-bond donors (Lipinski definition) is 2. The lowest BCUT2D eigenvalue weighted by molar-refractivity contribution is 0.0141. The molecule has 0 saturated carbocycles. The maximum Gasteiger partial charge on any atom is 0.410 e. The summed E-state index contributed by atoms with van der Waals surface area (Å²) in [6.45, 7) is 5.68. The Morgan fingerprint density at radius 3 is 2.49 bits per heavy atom. The summed E-state index contributed by atoms with van der Waals surface area (Å²) in [6.07, 6.45) is 1.03. The number of hydrogen-bond acceptors (Lipinski definition) is 7. The maximum atomic E-state index is 13.3. The monoisotopic (exact) mass is 557 g/mol. The van der Waals surface area contributed by atoms with Crippen LogP contribution in [0.3, 0.4) is 0 Å². The van der Waals surface area contributed by atoms with Crippen molar-refractivity contribution in [1.29, 1.82) is 0 Å². The van der Waals surface area contributed by atoms with Crippen LogP contribution in [-0.2, 0) is 30.4 Å².